The summed E-state index contributed by atoms with van der Waals surface area (Å²) < 4.78 is 53.4. The number of fused-ring (bicyclic) bond motifs is 6. The average Bonchev–Trinajstić information content (AvgIpc) is 3.91. The Kier molecular flexibility index (Phi) is 8.76. The zero-order chi connectivity index (χ0) is 38.0. The molecule has 4 aromatic heterocycles. The van der Waals surface area contributed by atoms with Crippen LogP contribution in [0, 0.1) is 17.5 Å². The maximum Gasteiger partial charge on any atom is 0.245 e. The van der Waals surface area contributed by atoms with Crippen molar-refractivity contribution in [3.05, 3.63) is 78.5 Å². The van der Waals surface area contributed by atoms with E-state index in [1.807, 2.05) is 27.7 Å². The number of anilines is 3. The maximum atomic E-state index is 15.3. The van der Waals surface area contributed by atoms with Crippen LogP contribution in [-0.2, 0) is 16.1 Å². The molecule has 2 fully saturated rings. The van der Waals surface area contributed by atoms with E-state index >= 15 is 4.39 Å². The fourth-order valence-corrected chi connectivity index (χ4v) is 8.06. The van der Waals surface area contributed by atoms with E-state index in [0.717, 1.165) is 6.07 Å². The summed E-state index contributed by atoms with van der Waals surface area (Å²) in [5.41, 5.74) is 2.71. The second-order valence-corrected chi connectivity index (χ2v) is 14.4. The molecule has 2 saturated heterocycles. The van der Waals surface area contributed by atoms with Gasteiger partial charge in [0, 0.05) is 76.7 Å². The van der Waals surface area contributed by atoms with Crippen LogP contribution in [0.25, 0.3) is 39.0 Å². The van der Waals surface area contributed by atoms with E-state index < -0.39 is 29.6 Å². The van der Waals surface area contributed by atoms with E-state index in [2.05, 4.69) is 32.5 Å². The minimum Gasteiger partial charge on any atom is -0.378 e. The Morgan fingerprint density at radius 2 is 1.84 bits per heavy atom. The second kappa shape index (κ2) is 13.8. The summed E-state index contributed by atoms with van der Waals surface area (Å²) >= 11 is 0. The Morgan fingerprint density at radius 1 is 0.964 bits per heavy atom. The van der Waals surface area contributed by atoms with Gasteiger partial charge in [-0.1, -0.05) is 6.07 Å². The predicted octanol–water partition coefficient (Wildman–Crippen LogP) is 3.99. The van der Waals surface area contributed by atoms with E-state index in [-0.39, 0.29) is 30.2 Å². The number of piperazine rings is 1. The molecular formula is C38H39F3N12O2. The van der Waals surface area contributed by atoms with E-state index in [9.17, 15) is 13.6 Å². The van der Waals surface area contributed by atoms with Crippen molar-refractivity contribution in [3.63, 3.8) is 0 Å². The van der Waals surface area contributed by atoms with E-state index in [0.29, 0.717) is 90.1 Å². The van der Waals surface area contributed by atoms with Crippen molar-refractivity contribution >= 4 is 45.6 Å². The van der Waals surface area contributed by atoms with Gasteiger partial charge in [0.25, 0.3) is 0 Å². The number of carbonyl (C=O) groups excluding carboxylic acids is 1. The van der Waals surface area contributed by atoms with E-state index in [1.165, 1.54) is 28.9 Å². The summed E-state index contributed by atoms with van der Waals surface area (Å²) in [6, 6.07) is 10.8. The van der Waals surface area contributed by atoms with Crippen molar-refractivity contribution in [2.75, 3.05) is 62.0 Å². The number of imidazole rings is 1. The minimum absolute atomic E-state index is 0.0308. The largest absolute Gasteiger partial charge is 0.378 e. The highest BCUT2D eigenvalue weighted by atomic mass is 19.1. The number of hydrogen-bond acceptors (Lipinski definition) is 11. The fourth-order valence-electron chi connectivity index (χ4n) is 8.06. The highest BCUT2D eigenvalue weighted by molar-refractivity contribution is 5.94. The number of benzene rings is 2. The third-order valence-corrected chi connectivity index (χ3v) is 10.8. The van der Waals surface area contributed by atoms with Crippen molar-refractivity contribution in [2.45, 2.75) is 44.1 Å². The predicted molar refractivity (Wildman–Crippen MR) is 201 cm³/mol. The van der Waals surface area contributed by atoms with Crippen molar-refractivity contribution in [1.82, 2.24) is 44.5 Å². The molecule has 0 saturated carbocycles. The quantitative estimate of drug-likeness (QED) is 0.271. The number of amides is 1. The lowest BCUT2D eigenvalue weighted by atomic mass is 10.1. The van der Waals surface area contributed by atoms with Crippen LogP contribution < -0.4 is 20.4 Å². The summed E-state index contributed by atoms with van der Waals surface area (Å²) in [6.07, 6.45) is 3.17. The van der Waals surface area contributed by atoms with Gasteiger partial charge in [0.15, 0.2) is 11.5 Å². The Morgan fingerprint density at radius 3 is 2.65 bits per heavy atom. The summed E-state index contributed by atoms with van der Waals surface area (Å²) in [5.74, 6) is -0.649. The first-order chi connectivity index (χ1) is 26.6. The first kappa shape index (κ1) is 34.9. The van der Waals surface area contributed by atoms with Crippen molar-refractivity contribution in [3.8, 4) is 16.9 Å². The highest BCUT2D eigenvalue weighted by Gasteiger charge is 2.41. The molecule has 3 aliphatic rings. The number of pyridine rings is 1. The molecule has 55 heavy (non-hydrogen) atoms. The van der Waals surface area contributed by atoms with Gasteiger partial charge in [-0.05, 0) is 43.7 Å². The van der Waals surface area contributed by atoms with Gasteiger partial charge >= 0.3 is 0 Å². The molecule has 2 N–H and O–H groups in total. The molecule has 9 rings (SSSR count). The van der Waals surface area contributed by atoms with Crippen LogP contribution in [0.3, 0.4) is 0 Å². The molecule has 4 bridgehead atoms. The molecule has 284 valence electrons. The molecule has 14 nitrogen and oxygen atoms in total. The second-order valence-electron chi connectivity index (χ2n) is 14.4. The third-order valence-electron chi connectivity index (χ3n) is 10.8. The van der Waals surface area contributed by atoms with Crippen LogP contribution in [0.15, 0.2) is 61.1 Å². The third kappa shape index (κ3) is 6.26. The Labute approximate surface area is 313 Å². The van der Waals surface area contributed by atoms with Gasteiger partial charge in [-0.3, -0.25) is 4.79 Å². The van der Waals surface area contributed by atoms with Crippen LogP contribution in [-0.4, -0.2) is 116 Å². The summed E-state index contributed by atoms with van der Waals surface area (Å²) in [7, 11) is 3.35. The lowest BCUT2D eigenvalue weighted by molar-refractivity contribution is -0.132. The van der Waals surface area contributed by atoms with Gasteiger partial charge in [-0.2, -0.15) is 15.1 Å². The minimum atomic E-state index is -0.792. The van der Waals surface area contributed by atoms with Gasteiger partial charge in [-0.15, -0.1) is 0 Å². The highest BCUT2D eigenvalue weighted by Crippen LogP contribution is 2.36. The number of methoxy groups -OCH3 is 1. The van der Waals surface area contributed by atoms with Gasteiger partial charge < -0.3 is 34.6 Å². The van der Waals surface area contributed by atoms with Gasteiger partial charge in [0.1, 0.15) is 35.0 Å². The number of nitrogens with zero attached hydrogens (tertiary/aromatic N) is 10. The Balaban J connectivity index is 1.18. The number of carbonyl (C=O) groups is 1. The molecular weight excluding hydrogens is 713 g/mol. The summed E-state index contributed by atoms with van der Waals surface area (Å²) in [4.78, 5) is 39.9. The molecule has 0 unspecified atom stereocenters. The monoisotopic (exact) mass is 752 g/mol. The number of hydrogen-bond donors (Lipinski definition) is 2. The first-order valence-corrected chi connectivity index (χ1v) is 18.3. The molecule has 1 amide bonds. The van der Waals surface area contributed by atoms with Gasteiger partial charge in [0.05, 0.1) is 47.3 Å². The maximum absolute atomic E-state index is 15.3. The lowest BCUT2D eigenvalue weighted by Gasteiger charge is -2.35. The van der Waals surface area contributed by atoms with Crippen molar-refractivity contribution in [2.24, 2.45) is 0 Å². The molecule has 0 aliphatic carbocycles. The molecule has 6 aromatic rings. The molecule has 2 aromatic carbocycles. The standard InChI is InChI=1S/C38H39F3N12O2/c1-21-15-42-9-10-51(21)38-47-35(27-16-44-53(36(27)48-38)31-8-7-22(39)12-28(31)41)52-17-24-14-32(52)37(54)49(2)18-25(55-3)19-50-20-43-30-13-23(40)11-26(34(30)50)29-5-4-6-33(45-24)46-29/h4-8,11-13,16,20-21,24-25,32,42H,9-10,14-15,17-19H2,1-3H3,(H,45,46)/t21-,24-,25-,32-/m0/s1. The molecule has 0 spiro atoms. The molecule has 0 radical (unpaired) electrons. The van der Waals surface area contributed by atoms with Crippen LogP contribution in [0.1, 0.15) is 13.3 Å². The molecule has 3 aliphatic heterocycles. The normalized spacial score (nSPS) is 21.9. The SMILES string of the molecule is CO[C@H]1CN(C)C(=O)[C@@H]2C[C@@H](CN2c2nc(N3CCNC[C@@H]3C)nc3c2cnn3-c2ccc(F)cc2F)Nc2cccc(n2)-c2cc(F)cc3ncn(c23)C1. The first-order valence-electron chi connectivity index (χ1n) is 18.3. The Bertz CT molecular complexity index is 2440. The molecule has 4 atom stereocenters. The molecule has 17 heteroatoms. The van der Waals surface area contributed by atoms with Crippen molar-refractivity contribution < 1.29 is 22.7 Å². The van der Waals surface area contributed by atoms with Crippen LogP contribution >= 0.6 is 0 Å². The number of nitrogens with one attached hydrogen (secondary N) is 2. The number of aromatic nitrogens is 7. The topological polar surface area (TPSA) is 134 Å². The molecule has 7 heterocycles. The van der Waals surface area contributed by atoms with Crippen LogP contribution in [0.5, 0.6) is 0 Å². The van der Waals surface area contributed by atoms with E-state index in [1.54, 1.807) is 31.6 Å². The fraction of sp³-hybridized carbons (Fsp3) is 0.368. The van der Waals surface area contributed by atoms with Gasteiger partial charge in [0.2, 0.25) is 11.9 Å². The van der Waals surface area contributed by atoms with E-state index in [4.69, 9.17) is 19.7 Å². The number of ether oxygens (including phenoxy) is 1. The lowest BCUT2D eigenvalue weighted by Crippen LogP contribution is -2.51. The number of rotatable bonds is 4. The number of likely N-dealkylation sites (N-methyl/N-ethyl adjacent to an activating group) is 1. The average molecular weight is 753 g/mol. The smallest absolute Gasteiger partial charge is 0.245 e. The zero-order valence-corrected chi connectivity index (χ0v) is 30.5. The van der Waals surface area contributed by atoms with Crippen LogP contribution in [0.2, 0.25) is 0 Å². The summed E-state index contributed by atoms with van der Waals surface area (Å²) in [5, 5.41) is 12.0. The zero-order valence-electron chi connectivity index (χ0n) is 30.5. The van der Waals surface area contributed by atoms with Crippen molar-refractivity contribution in [1.29, 1.82) is 0 Å². The summed E-state index contributed by atoms with van der Waals surface area (Å²) in [6.45, 7) is 5.05. The van der Waals surface area contributed by atoms with Gasteiger partial charge in [-0.25, -0.2) is 27.8 Å². The van der Waals surface area contributed by atoms with Crippen LogP contribution in [0.4, 0.5) is 30.8 Å². The number of halogens is 3. The Hall–Kier alpha value is -5.81.